The SMILES string of the molecule is c1ccc(-c2nc(-c3ccccc3)nc(-n3c4ccccc4c4cc(-c5ccc6[nH]c(-c7ccccc7)c(-c7ccccc7)c6c5)ccc43)n2)cc1. The predicted octanol–water partition coefficient (Wildman–Crippen LogP) is 11.8. The molecule has 0 aliphatic carbocycles. The van der Waals surface area contributed by atoms with Gasteiger partial charge in [0.15, 0.2) is 11.6 Å². The molecule has 7 aromatic carbocycles. The average molecular weight is 666 g/mol. The zero-order valence-corrected chi connectivity index (χ0v) is 28.1. The first-order valence-corrected chi connectivity index (χ1v) is 17.5. The van der Waals surface area contributed by atoms with Crippen LogP contribution < -0.4 is 0 Å². The van der Waals surface area contributed by atoms with Crippen LogP contribution in [-0.2, 0) is 0 Å². The monoisotopic (exact) mass is 665 g/mol. The van der Waals surface area contributed by atoms with Gasteiger partial charge in [0.25, 0.3) is 0 Å². The average Bonchev–Trinajstić information content (AvgIpc) is 3.78. The van der Waals surface area contributed by atoms with Crippen molar-refractivity contribution in [2.24, 2.45) is 0 Å². The molecule has 10 rings (SSSR count). The van der Waals surface area contributed by atoms with Gasteiger partial charge >= 0.3 is 0 Å². The molecule has 0 aliphatic rings. The molecule has 244 valence electrons. The molecule has 5 nitrogen and oxygen atoms in total. The first-order valence-electron chi connectivity index (χ1n) is 17.5. The number of aromatic nitrogens is 5. The number of H-pyrrole nitrogens is 1. The third-order valence-electron chi connectivity index (χ3n) is 9.82. The fourth-order valence-electron chi connectivity index (χ4n) is 7.36. The van der Waals surface area contributed by atoms with Gasteiger partial charge in [0.2, 0.25) is 5.95 Å². The maximum Gasteiger partial charge on any atom is 0.238 e. The fourth-order valence-corrected chi connectivity index (χ4v) is 7.36. The zero-order chi connectivity index (χ0) is 34.4. The lowest BCUT2D eigenvalue weighted by Gasteiger charge is -2.11. The third-order valence-corrected chi connectivity index (χ3v) is 9.82. The normalized spacial score (nSPS) is 11.5. The summed E-state index contributed by atoms with van der Waals surface area (Å²) < 4.78 is 2.17. The summed E-state index contributed by atoms with van der Waals surface area (Å²) in [7, 11) is 0. The molecule has 3 aromatic heterocycles. The molecule has 0 fully saturated rings. The van der Waals surface area contributed by atoms with Gasteiger partial charge in [-0.15, -0.1) is 0 Å². The van der Waals surface area contributed by atoms with Gasteiger partial charge in [0, 0.05) is 38.4 Å². The number of para-hydroxylation sites is 1. The Labute approximate surface area is 300 Å². The summed E-state index contributed by atoms with van der Waals surface area (Å²) in [5.74, 6) is 1.85. The largest absolute Gasteiger partial charge is 0.354 e. The molecule has 0 spiro atoms. The highest BCUT2D eigenvalue weighted by Crippen LogP contribution is 2.41. The van der Waals surface area contributed by atoms with E-state index in [0.717, 1.165) is 60.8 Å². The Morgan fingerprint density at radius 1 is 0.365 bits per heavy atom. The van der Waals surface area contributed by atoms with Crippen molar-refractivity contribution in [2.45, 2.75) is 0 Å². The topological polar surface area (TPSA) is 59.4 Å². The Bertz CT molecular complexity index is 2820. The first kappa shape index (κ1) is 29.8. The van der Waals surface area contributed by atoms with Crippen molar-refractivity contribution < 1.29 is 0 Å². The zero-order valence-electron chi connectivity index (χ0n) is 28.1. The second kappa shape index (κ2) is 12.3. The highest BCUT2D eigenvalue weighted by Gasteiger charge is 2.20. The summed E-state index contributed by atoms with van der Waals surface area (Å²) in [5.41, 5.74) is 12.0. The summed E-state index contributed by atoms with van der Waals surface area (Å²) >= 11 is 0. The number of hydrogen-bond acceptors (Lipinski definition) is 3. The van der Waals surface area contributed by atoms with E-state index in [1.54, 1.807) is 0 Å². The number of hydrogen-bond donors (Lipinski definition) is 1. The Kier molecular flexibility index (Phi) is 7.07. The van der Waals surface area contributed by atoms with Gasteiger partial charge in [-0.05, 0) is 52.6 Å². The van der Waals surface area contributed by atoms with Crippen LogP contribution in [-0.4, -0.2) is 24.5 Å². The maximum atomic E-state index is 5.09. The number of nitrogens with one attached hydrogen (secondary N) is 1. The lowest BCUT2D eigenvalue weighted by molar-refractivity contribution is 0.953. The molecule has 52 heavy (non-hydrogen) atoms. The van der Waals surface area contributed by atoms with Crippen LogP contribution in [0.3, 0.4) is 0 Å². The number of rotatable bonds is 6. The number of nitrogens with zero attached hydrogens (tertiary/aromatic N) is 4. The molecular formula is C47H31N5. The molecule has 3 heterocycles. The van der Waals surface area contributed by atoms with Crippen LogP contribution in [0.1, 0.15) is 0 Å². The lowest BCUT2D eigenvalue weighted by atomic mass is 9.96. The van der Waals surface area contributed by atoms with E-state index in [4.69, 9.17) is 15.0 Å². The molecule has 0 radical (unpaired) electrons. The van der Waals surface area contributed by atoms with Crippen molar-refractivity contribution in [1.29, 1.82) is 0 Å². The van der Waals surface area contributed by atoms with E-state index in [2.05, 4.69) is 131 Å². The van der Waals surface area contributed by atoms with Gasteiger partial charge < -0.3 is 4.98 Å². The van der Waals surface area contributed by atoms with Gasteiger partial charge in [-0.3, -0.25) is 4.57 Å². The van der Waals surface area contributed by atoms with E-state index in [9.17, 15) is 0 Å². The van der Waals surface area contributed by atoms with Gasteiger partial charge in [0.05, 0.1) is 16.7 Å². The smallest absolute Gasteiger partial charge is 0.238 e. The van der Waals surface area contributed by atoms with E-state index < -0.39 is 0 Å². The van der Waals surface area contributed by atoms with Gasteiger partial charge in [0.1, 0.15) is 0 Å². The van der Waals surface area contributed by atoms with Crippen LogP contribution >= 0.6 is 0 Å². The van der Waals surface area contributed by atoms with Crippen LogP contribution in [0.15, 0.2) is 182 Å². The first-order chi connectivity index (χ1) is 25.8. The molecule has 5 heteroatoms. The van der Waals surface area contributed by atoms with Crippen molar-refractivity contribution in [3.05, 3.63) is 182 Å². The molecule has 1 N–H and O–H groups in total. The molecule has 0 bridgehead atoms. The van der Waals surface area contributed by atoms with Crippen molar-refractivity contribution in [2.75, 3.05) is 0 Å². The highest BCUT2D eigenvalue weighted by molar-refractivity contribution is 6.11. The summed E-state index contributed by atoms with van der Waals surface area (Å²) in [6.45, 7) is 0. The molecular weight excluding hydrogens is 635 g/mol. The highest BCUT2D eigenvalue weighted by atomic mass is 15.2. The molecule has 10 aromatic rings. The van der Waals surface area contributed by atoms with Crippen molar-refractivity contribution >= 4 is 32.7 Å². The van der Waals surface area contributed by atoms with E-state index >= 15 is 0 Å². The van der Waals surface area contributed by atoms with E-state index in [1.807, 2.05) is 60.7 Å². The fraction of sp³-hybridized carbons (Fsp3) is 0. The van der Waals surface area contributed by atoms with Crippen LogP contribution in [0.5, 0.6) is 0 Å². The molecule has 0 atom stereocenters. The van der Waals surface area contributed by atoms with Crippen LogP contribution in [0.4, 0.5) is 0 Å². The standard InChI is InChI=1S/C47H31N5/c1-5-15-31(16-6-1)43-39-30-35(25-27-40(39)48-44(43)32-17-7-2-8-18-32)36-26-28-42-38(29-36)37-23-13-14-24-41(37)52(42)47-50-45(33-19-9-3-10-20-33)49-46(51-47)34-21-11-4-12-22-34/h1-30,48H. The Morgan fingerprint density at radius 3 is 1.50 bits per heavy atom. The quantitative estimate of drug-likeness (QED) is 0.192. The lowest BCUT2D eigenvalue weighted by Crippen LogP contribution is -2.06. The number of fused-ring (bicyclic) bond motifs is 4. The van der Waals surface area contributed by atoms with E-state index in [1.165, 1.54) is 16.5 Å². The summed E-state index contributed by atoms with van der Waals surface area (Å²) in [4.78, 5) is 18.9. The third kappa shape index (κ3) is 5.07. The molecule has 0 unspecified atom stereocenters. The van der Waals surface area contributed by atoms with Crippen LogP contribution in [0, 0.1) is 0 Å². The van der Waals surface area contributed by atoms with Crippen molar-refractivity contribution in [3.8, 4) is 62.2 Å². The maximum absolute atomic E-state index is 5.09. The number of benzene rings is 7. The summed E-state index contributed by atoms with van der Waals surface area (Å²) in [6.07, 6.45) is 0. The number of aromatic amines is 1. The van der Waals surface area contributed by atoms with E-state index in [-0.39, 0.29) is 0 Å². The van der Waals surface area contributed by atoms with Gasteiger partial charge in [-0.2, -0.15) is 9.97 Å². The molecule has 0 saturated heterocycles. The summed E-state index contributed by atoms with van der Waals surface area (Å²) in [6, 6.07) is 63.4. The molecule has 0 amide bonds. The van der Waals surface area contributed by atoms with Gasteiger partial charge in [-0.1, -0.05) is 152 Å². The second-order valence-electron chi connectivity index (χ2n) is 13.0. The molecule has 0 saturated carbocycles. The Hall–Kier alpha value is -7.11. The Morgan fingerprint density at radius 2 is 0.865 bits per heavy atom. The Balaban J connectivity index is 1.16. The van der Waals surface area contributed by atoms with Crippen LogP contribution in [0.2, 0.25) is 0 Å². The van der Waals surface area contributed by atoms with Crippen LogP contribution in [0.25, 0.3) is 94.9 Å². The second-order valence-corrected chi connectivity index (χ2v) is 13.0. The van der Waals surface area contributed by atoms with E-state index in [0.29, 0.717) is 17.6 Å². The predicted molar refractivity (Wildman–Crippen MR) is 213 cm³/mol. The summed E-state index contributed by atoms with van der Waals surface area (Å²) in [5, 5.41) is 3.47. The minimum Gasteiger partial charge on any atom is -0.354 e. The minimum atomic E-state index is 0.585. The minimum absolute atomic E-state index is 0.585. The molecule has 0 aliphatic heterocycles. The van der Waals surface area contributed by atoms with Gasteiger partial charge in [-0.25, -0.2) is 4.98 Å². The van der Waals surface area contributed by atoms with Crippen molar-refractivity contribution in [1.82, 2.24) is 24.5 Å². The van der Waals surface area contributed by atoms with Crippen molar-refractivity contribution in [3.63, 3.8) is 0 Å².